The molecule has 106 valence electrons. The summed E-state index contributed by atoms with van der Waals surface area (Å²) in [6.45, 7) is 6.56. The molecule has 0 unspecified atom stereocenters. The molecule has 0 aliphatic heterocycles. The molecule has 0 atom stereocenters. The van der Waals surface area contributed by atoms with Gasteiger partial charge in [0.1, 0.15) is 0 Å². The summed E-state index contributed by atoms with van der Waals surface area (Å²) in [6, 6.07) is 6.45. The first-order valence-electron chi connectivity index (χ1n) is 7.09. The lowest BCUT2D eigenvalue weighted by Gasteiger charge is -2.02. The second-order valence-electron chi connectivity index (χ2n) is 5.46. The third kappa shape index (κ3) is 3.73. The summed E-state index contributed by atoms with van der Waals surface area (Å²) < 4.78 is 0. The fourth-order valence-corrected chi connectivity index (χ4v) is 2.19. The van der Waals surface area contributed by atoms with Crippen molar-refractivity contribution in [3.8, 4) is 0 Å². The van der Waals surface area contributed by atoms with Crippen LogP contribution in [-0.4, -0.2) is 17.4 Å². The monoisotopic (exact) mass is 270 g/mol. The van der Waals surface area contributed by atoms with Gasteiger partial charge >= 0.3 is 0 Å². The molecule has 1 aromatic carbocycles. The van der Waals surface area contributed by atoms with Crippen LogP contribution in [0.2, 0.25) is 0 Å². The van der Waals surface area contributed by atoms with Crippen molar-refractivity contribution in [2.45, 2.75) is 27.2 Å². The molecule has 0 saturated heterocycles. The number of H-pyrrole nitrogens is 1. The van der Waals surface area contributed by atoms with E-state index in [0.29, 0.717) is 12.5 Å². The first kappa shape index (κ1) is 14.4. The first-order valence-corrected chi connectivity index (χ1v) is 7.09. The Hall–Kier alpha value is -2.03. The minimum absolute atomic E-state index is 0.0194. The van der Waals surface area contributed by atoms with Crippen molar-refractivity contribution >= 4 is 22.9 Å². The number of fused-ring (bicyclic) bond motifs is 1. The maximum absolute atomic E-state index is 10.9. The van der Waals surface area contributed by atoms with Crippen LogP contribution >= 0.6 is 0 Å². The summed E-state index contributed by atoms with van der Waals surface area (Å²) in [5, 5.41) is 4.06. The second kappa shape index (κ2) is 6.42. The molecule has 0 aliphatic carbocycles. The van der Waals surface area contributed by atoms with Gasteiger partial charge < -0.3 is 10.3 Å². The Bertz CT molecular complexity index is 623. The smallest absolute Gasteiger partial charge is 0.216 e. The minimum atomic E-state index is 0.0194. The van der Waals surface area contributed by atoms with E-state index in [2.05, 4.69) is 54.5 Å². The molecule has 0 fully saturated rings. The van der Waals surface area contributed by atoms with Gasteiger partial charge in [-0.15, -0.1) is 0 Å². The van der Waals surface area contributed by atoms with E-state index in [-0.39, 0.29) is 5.91 Å². The zero-order valence-corrected chi connectivity index (χ0v) is 12.4. The van der Waals surface area contributed by atoms with Gasteiger partial charge in [0, 0.05) is 30.6 Å². The number of aromatic nitrogens is 1. The highest BCUT2D eigenvalue weighted by molar-refractivity contribution is 5.85. The van der Waals surface area contributed by atoms with Crippen LogP contribution in [0.5, 0.6) is 0 Å². The Morgan fingerprint density at radius 2 is 2.20 bits per heavy atom. The number of aromatic amines is 1. The van der Waals surface area contributed by atoms with Crippen LogP contribution in [0, 0.1) is 5.92 Å². The summed E-state index contributed by atoms with van der Waals surface area (Å²) in [5.74, 6) is 0.577. The summed E-state index contributed by atoms with van der Waals surface area (Å²) in [5.41, 5.74) is 3.60. The molecule has 2 rings (SSSR count). The lowest BCUT2D eigenvalue weighted by atomic mass is 10.1. The molecule has 1 heterocycles. The standard InChI is InChI=1S/C17H22N2O/c1-12(2)4-5-14-6-7-16-15(8-9-18-13(3)20)11-19-17(16)10-14/h4-7,10-12,19H,8-9H2,1-3H3,(H,18,20). The fraction of sp³-hybridized carbons (Fsp3) is 0.353. The number of carbonyl (C=O) groups is 1. The average molecular weight is 270 g/mol. The lowest BCUT2D eigenvalue weighted by Crippen LogP contribution is -2.22. The van der Waals surface area contributed by atoms with E-state index in [4.69, 9.17) is 0 Å². The largest absolute Gasteiger partial charge is 0.361 e. The zero-order valence-electron chi connectivity index (χ0n) is 12.4. The molecule has 0 spiro atoms. The van der Waals surface area contributed by atoms with Gasteiger partial charge in [-0.05, 0) is 29.5 Å². The number of hydrogen-bond acceptors (Lipinski definition) is 1. The Kier molecular flexibility index (Phi) is 4.61. The zero-order chi connectivity index (χ0) is 14.5. The summed E-state index contributed by atoms with van der Waals surface area (Å²) in [7, 11) is 0. The third-order valence-electron chi connectivity index (χ3n) is 3.23. The molecule has 1 aromatic heterocycles. The average Bonchev–Trinajstić information content (AvgIpc) is 2.79. The summed E-state index contributed by atoms with van der Waals surface area (Å²) in [4.78, 5) is 14.2. The van der Waals surface area contributed by atoms with Crippen LogP contribution in [0.3, 0.4) is 0 Å². The summed E-state index contributed by atoms with van der Waals surface area (Å²) >= 11 is 0. The van der Waals surface area contributed by atoms with Gasteiger partial charge in [-0.25, -0.2) is 0 Å². The van der Waals surface area contributed by atoms with E-state index in [0.717, 1.165) is 11.9 Å². The van der Waals surface area contributed by atoms with Crippen molar-refractivity contribution in [2.75, 3.05) is 6.54 Å². The fourth-order valence-electron chi connectivity index (χ4n) is 2.19. The second-order valence-corrected chi connectivity index (χ2v) is 5.46. The number of benzene rings is 1. The molecular formula is C17H22N2O. The molecule has 2 aromatic rings. The number of nitrogens with one attached hydrogen (secondary N) is 2. The van der Waals surface area contributed by atoms with Gasteiger partial charge in [0.25, 0.3) is 0 Å². The minimum Gasteiger partial charge on any atom is -0.361 e. The van der Waals surface area contributed by atoms with Crippen LogP contribution < -0.4 is 5.32 Å². The van der Waals surface area contributed by atoms with E-state index in [1.807, 2.05) is 6.20 Å². The predicted molar refractivity (Wildman–Crippen MR) is 84.6 cm³/mol. The van der Waals surface area contributed by atoms with Gasteiger partial charge in [-0.2, -0.15) is 0 Å². The Labute approximate surface area is 120 Å². The van der Waals surface area contributed by atoms with Crippen LogP contribution in [0.4, 0.5) is 0 Å². The van der Waals surface area contributed by atoms with E-state index in [1.54, 1.807) is 6.92 Å². The van der Waals surface area contributed by atoms with E-state index < -0.39 is 0 Å². The van der Waals surface area contributed by atoms with Crippen LogP contribution in [0.25, 0.3) is 17.0 Å². The quantitative estimate of drug-likeness (QED) is 0.858. The van der Waals surface area contributed by atoms with Gasteiger partial charge in [0.15, 0.2) is 0 Å². The Morgan fingerprint density at radius 3 is 2.90 bits per heavy atom. The van der Waals surface area contributed by atoms with Gasteiger partial charge in [0.05, 0.1) is 0 Å². The van der Waals surface area contributed by atoms with Gasteiger partial charge in [-0.3, -0.25) is 4.79 Å². The molecular weight excluding hydrogens is 248 g/mol. The first-order chi connectivity index (χ1) is 9.56. The molecule has 3 nitrogen and oxygen atoms in total. The Balaban J connectivity index is 2.14. The number of amides is 1. The SMILES string of the molecule is CC(=O)NCCc1c[nH]c2cc(C=CC(C)C)ccc12. The molecule has 0 bridgehead atoms. The molecule has 3 heteroatoms. The van der Waals surface area contributed by atoms with Crippen LogP contribution in [0.1, 0.15) is 31.9 Å². The maximum atomic E-state index is 10.9. The highest BCUT2D eigenvalue weighted by atomic mass is 16.1. The number of hydrogen-bond donors (Lipinski definition) is 2. The van der Waals surface area contributed by atoms with Crippen molar-refractivity contribution in [3.05, 3.63) is 41.6 Å². The van der Waals surface area contributed by atoms with Crippen molar-refractivity contribution in [1.29, 1.82) is 0 Å². The molecule has 2 N–H and O–H groups in total. The molecule has 0 saturated carbocycles. The third-order valence-corrected chi connectivity index (χ3v) is 3.23. The predicted octanol–water partition coefficient (Wildman–Crippen LogP) is 3.52. The molecule has 0 radical (unpaired) electrons. The molecule has 1 amide bonds. The lowest BCUT2D eigenvalue weighted by molar-refractivity contribution is -0.118. The highest BCUT2D eigenvalue weighted by Gasteiger charge is 2.04. The van der Waals surface area contributed by atoms with E-state index in [1.165, 1.54) is 16.5 Å². The van der Waals surface area contributed by atoms with Gasteiger partial charge in [0.2, 0.25) is 5.91 Å². The van der Waals surface area contributed by atoms with Crippen molar-refractivity contribution in [2.24, 2.45) is 5.92 Å². The number of carbonyl (C=O) groups excluding carboxylic acids is 1. The topological polar surface area (TPSA) is 44.9 Å². The Morgan fingerprint density at radius 1 is 1.40 bits per heavy atom. The van der Waals surface area contributed by atoms with Crippen molar-refractivity contribution < 1.29 is 4.79 Å². The van der Waals surface area contributed by atoms with Crippen molar-refractivity contribution in [3.63, 3.8) is 0 Å². The van der Waals surface area contributed by atoms with Gasteiger partial charge in [-0.1, -0.05) is 38.1 Å². The molecule has 0 aliphatic rings. The van der Waals surface area contributed by atoms with E-state index >= 15 is 0 Å². The number of allylic oxidation sites excluding steroid dienone is 1. The van der Waals surface area contributed by atoms with Crippen LogP contribution in [-0.2, 0) is 11.2 Å². The summed E-state index contributed by atoms with van der Waals surface area (Å²) in [6.07, 6.45) is 7.23. The van der Waals surface area contributed by atoms with Crippen LogP contribution in [0.15, 0.2) is 30.5 Å². The normalized spacial score (nSPS) is 11.6. The van der Waals surface area contributed by atoms with E-state index in [9.17, 15) is 4.79 Å². The molecule has 20 heavy (non-hydrogen) atoms. The maximum Gasteiger partial charge on any atom is 0.216 e. The highest BCUT2D eigenvalue weighted by Crippen LogP contribution is 2.21. The number of rotatable bonds is 5. The van der Waals surface area contributed by atoms with Crippen molar-refractivity contribution in [1.82, 2.24) is 10.3 Å².